The molecule has 0 spiro atoms. The standard InChI is InChI=1S/C11H23NO3Si/c1-13-16(14-2,15-3)11(8-9-12)10-6-4-5-7-10/h4-9,12H2,1-3H3. The van der Waals surface area contributed by atoms with Gasteiger partial charge in [-0.3, -0.25) is 0 Å². The van der Waals surface area contributed by atoms with Gasteiger partial charge in [-0.2, -0.15) is 0 Å². The summed E-state index contributed by atoms with van der Waals surface area (Å²) in [6, 6.07) is 0. The monoisotopic (exact) mass is 245 g/mol. The molecule has 0 aromatic carbocycles. The lowest BCUT2D eigenvalue weighted by Gasteiger charge is -2.28. The summed E-state index contributed by atoms with van der Waals surface area (Å²) in [7, 11) is 2.34. The molecule has 4 nitrogen and oxygen atoms in total. The Labute approximate surface area is 99.1 Å². The first kappa shape index (κ1) is 13.9. The van der Waals surface area contributed by atoms with Crippen LogP contribution in [0, 0.1) is 0 Å². The van der Waals surface area contributed by atoms with Gasteiger partial charge in [-0.15, -0.1) is 0 Å². The van der Waals surface area contributed by atoms with Crippen LogP contribution in [0.4, 0.5) is 0 Å². The van der Waals surface area contributed by atoms with E-state index in [9.17, 15) is 0 Å². The van der Waals surface area contributed by atoms with Crippen LogP contribution in [0.3, 0.4) is 0 Å². The van der Waals surface area contributed by atoms with Crippen molar-refractivity contribution >= 4 is 8.80 Å². The van der Waals surface area contributed by atoms with Gasteiger partial charge in [-0.05, 0) is 38.6 Å². The van der Waals surface area contributed by atoms with Crippen LogP contribution in [-0.2, 0) is 13.3 Å². The third kappa shape index (κ3) is 2.72. The normalized spacial score (nSPS) is 16.9. The Kier molecular flexibility index (Phi) is 5.64. The van der Waals surface area contributed by atoms with Crippen molar-refractivity contribution in [2.75, 3.05) is 27.9 Å². The largest absolute Gasteiger partial charge is 0.532 e. The predicted molar refractivity (Wildman–Crippen MR) is 65.9 cm³/mol. The summed E-state index contributed by atoms with van der Waals surface area (Å²) < 4.78 is 16.6. The average Bonchev–Trinajstić information content (AvgIpc) is 2.84. The second kappa shape index (κ2) is 6.51. The Hall–Kier alpha value is -0.203. The lowest BCUT2D eigenvalue weighted by molar-refractivity contribution is 0.133. The second-order valence-electron chi connectivity index (χ2n) is 4.00. The van der Waals surface area contributed by atoms with Crippen LogP contribution in [0.2, 0.25) is 0 Å². The molecule has 0 aromatic heterocycles. The summed E-state index contributed by atoms with van der Waals surface area (Å²) in [6.45, 7) is 0.615. The minimum Gasteiger partial charge on any atom is -0.374 e. The van der Waals surface area contributed by atoms with Gasteiger partial charge < -0.3 is 19.0 Å². The van der Waals surface area contributed by atoms with Crippen LogP contribution in [0.1, 0.15) is 32.1 Å². The maximum absolute atomic E-state index is 5.68. The molecule has 2 N–H and O–H groups in total. The predicted octanol–water partition coefficient (Wildman–Crippen LogP) is 1.62. The van der Waals surface area contributed by atoms with E-state index in [1.807, 2.05) is 0 Å². The molecule has 0 saturated heterocycles. The Bertz CT molecular complexity index is 235. The highest BCUT2D eigenvalue weighted by Gasteiger charge is 2.44. The summed E-state index contributed by atoms with van der Waals surface area (Å²) in [5, 5.41) is 1.21. The molecule has 16 heavy (non-hydrogen) atoms. The number of nitrogens with two attached hydrogens (primary N) is 1. The van der Waals surface area contributed by atoms with Crippen LogP contribution in [0.5, 0.6) is 0 Å². The Morgan fingerprint density at radius 2 is 1.62 bits per heavy atom. The minimum atomic E-state index is -2.63. The fraction of sp³-hybridized carbons (Fsp3) is 0.818. The molecule has 1 fully saturated rings. The molecular formula is C11H23NO3Si. The first-order chi connectivity index (χ1) is 7.74. The van der Waals surface area contributed by atoms with Gasteiger partial charge in [0.1, 0.15) is 0 Å². The molecule has 0 aromatic rings. The number of allylic oxidation sites excluding steroid dienone is 1. The molecule has 0 bridgehead atoms. The van der Waals surface area contributed by atoms with Crippen molar-refractivity contribution in [2.45, 2.75) is 32.1 Å². The van der Waals surface area contributed by atoms with Crippen molar-refractivity contribution < 1.29 is 13.3 Å². The van der Waals surface area contributed by atoms with Crippen molar-refractivity contribution in [2.24, 2.45) is 5.73 Å². The van der Waals surface area contributed by atoms with E-state index in [2.05, 4.69) is 0 Å². The Balaban J connectivity index is 3.02. The molecule has 0 radical (unpaired) electrons. The van der Waals surface area contributed by atoms with Gasteiger partial charge in [0.15, 0.2) is 0 Å². The molecular weight excluding hydrogens is 222 g/mol. The summed E-state index contributed by atoms with van der Waals surface area (Å²) in [5.41, 5.74) is 7.13. The fourth-order valence-electron chi connectivity index (χ4n) is 2.41. The Morgan fingerprint density at radius 1 is 1.12 bits per heavy atom. The minimum absolute atomic E-state index is 0.615. The lowest BCUT2D eigenvalue weighted by atomic mass is 10.2. The molecule has 94 valence electrons. The highest BCUT2D eigenvalue weighted by Crippen LogP contribution is 2.33. The van der Waals surface area contributed by atoms with Crippen LogP contribution >= 0.6 is 0 Å². The highest BCUT2D eigenvalue weighted by atomic mass is 28.4. The van der Waals surface area contributed by atoms with Crippen LogP contribution in [-0.4, -0.2) is 36.7 Å². The third-order valence-electron chi connectivity index (χ3n) is 3.20. The summed E-state index contributed by atoms with van der Waals surface area (Å²) in [5.74, 6) is 0. The van der Waals surface area contributed by atoms with Crippen molar-refractivity contribution in [3.05, 3.63) is 10.8 Å². The SMILES string of the molecule is CO[Si](OC)(OC)C(CCN)=C1CCCC1. The molecule has 1 rings (SSSR count). The van der Waals surface area contributed by atoms with Crippen molar-refractivity contribution in [1.29, 1.82) is 0 Å². The lowest BCUT2D eigenvalue weighted by Crippen LogP contribution is -2.46. The van der Waals surface area contributed by atoms with Gasteiger partial charge in [-0.25, -0.2) is 0 Å². The molecule has 0 unspecified atom stereocenters. The maximum atomic E-state index is 5.68. The summed E-state index contributed by atoms with van der Waals surface area (Å²) >= 11 is 0. The van der Waals surface area contributed by atoms with Crippen LogP contribution in [0.25, 0.3) is 0 Å². The second-order valence-corrected chi connectivity index (χ2v) is 6.94. The van der Waals surface area contributed by atoms with Gasteiger partial charge in [-0.1, -0.05) is 5.57 Å². The van der Waals surface area contributed by atoms with Crippen LogP contribution in [0.15, 0.2) is 10.8 Å². The summed E-state index contributed by atoms with van der Waals surface area (Å²) in [6.07, 6.45) is 5.60. The van der Waals surface area contributed by atoms with E-state index >= 15 is 0 Å². The van der Waals surface area contributed by atoms with E-state index in [0.717, 1.165) is 19.3 Å². The topological polar surface area (TPSA) is 53.7 Å². The number of hydrogen-bond acceptors (Lipinski definition) is 4. The number of rotatable bonds is 6. The zero-order valence-electron chi connectivity index (χ0n) is 10.5. The van der Waals surface area contributed by atoms with E-state index in [4.69, 9.17) is 19.0 Å². The molecule has 0 amide bonds. The molecule has 0 aliphatic heterocycles. The van der Waals surface area contributed by atoms with Gasteiger partial charge in [0.25, 0.3) is 0 Å². The summed E-state index contributed by atoms with van der Waals surface area (Å²) in [4.78, 5) is 0. The first-order valence-corrected chi connectivity index (χ1v) is 7.53. The van der Waals surface area contributed by atoms with Gasteiger partial charge in [0.05, 0.1) is 0 Å². The maximum Gasteiger partial charge on any atom is 0.532 e. The van der Waals surface area contributed by atoms with E-state index in [1.165, 1.54) is 23.6 Å². The zero-order chi connectivity index (χ0) is 12.0. The van der Waals surface area contributed by atoms with E-state index < -0.39 is 8.80 Å². The van der Waals surface area contributed by atoms with Crippen molar-refractivity contribution in [1.82, 2.24) is 0 Å². The van der Waals surface area contributed by atoms with Gasteiger partial charge in [0, 0.05) is 26.5 Å². The molecule has 1 saturated carbocycles. The molecule has 0 atom stereocenters. The van der Waals surface area contributed by atoms with Crippen molar-refractivity contribution in [3.63, 3.8) is 0 Å². The highest BCUT2D eigenvalue weighted by molar-refractivity contribution is 6.68. The van der Waals surface area contributed by atoms with Crippen LogP contribution < -0.4 is 5.73 Å². The molecule has 5 heteroatoms. The number of hydrogen-bond donors (Lipinski definition) is 1. The van der Waals surface area contributed by atoms with Crippen molar-refractivity contribution in [3.8, 4) is 0 Å². The average molecular weight is 245 g/mol. The molecule has 1 aliphatic rings. The fourth-order valence-corrected chi connectivity index (χ4v) is 4.79. The first-order valence-electron chi connectivity index (χ1n) is 5.81. The molecule has 0 heterocycles. The Morgan fingerprint density at radius 3 is 2.00 bits per heavy atom. The molecule has 1 aliphatic carbocycles. The van der Waals surface area contributed by atoms with E-state index in [1.54, 1.807) is 21.3 Å². The van der Waals surface area contributed by atoms with E-state index in [-0.39, 0.29) is 0 Å². The third-order valence-corrected chi connectivity index (χ3v) is 6.16. The quantitative estimate of drug-likeness (QED) is 0.723. The zero-order valence-corrected chi connectivity index (χ0v) is 11.5. The van der Waals surface area contributed by atoms with Gasteiger partial charge in [0.2, 0.25) is 0 Å². The van der Waals surface area contributed by atoms with E-state index in [0.29, 0.717) is 6.54 Å². The smallest absolute Gasteiger partial charge is 0.374 e. The van der Waals surface area contributed by atoms with Gasteiger partial charge >= 0.3 is 8.80 Å².